The number of furan rings is 1. The number of rotatable bonds is 2. The molecule has 0 spiro atoms. The summed E-state index contributed by atoms with van der Waals surface area (Å²) in [5.74, 6) is 0.929. The lowest BCUT2D eigenvalue weighted by atomic mass is 10.2. The van der Waals surface area contributed by atoms with Crippen LogP contribution in [0.4, 0.5) is 0 Å². The second kappa shape index (κ2) is 3.63. The molecule has 0 amide bonds. The monoisotopic (exact) mass is 170 g/mol. The summed E-state index contributed by atoms with van der Waals surface area (Å²) in [4.78, 5) is 0. The maximum absolute atomic E-state index is 5.73. The number of halogens is 1. The zero-order valence-corrected chi connectivity index (χ0v) is 7.43. The van der Waals surface area contributed by atoms with E-state index in [1.54, 1.807) is 6.26 Å². The molecule has 1 aromatic heterocycles. The van der Waals surface area contributed by atoms with Crippen LogP contribution in [-0.4, -0.2) is 5.38 Å². The molecule has 0 fully saturated rings. The van der Waals surface area contributed by atoms with Gasteiger partial charge >= 0.3 is 0 Å². The molecule has 11 heavy (non-hydrogen) atoms. The normalized spacial score (nSPS) is 14.1. The molecule has 0 aliphatic rings. The van der Waals surface area contributed by atoms with Crippen LogP contribution in [0, 0.1) is 6.92 Å². The van der Waals surface area contributed by atoms with Crippen molar-refractivity contribution in [2.75, 3.05) is 0 Å². The molecule has 0 N–H and O–H groups in total. The summed E-state index contributed by atoms with van der Waals surface area (Å²) in [6.45, 7) is 3.85. The Kier molecular flexibility index (Phi) is 2.77. The Bertz CT molecular complexity index is 248. The van der Waals surface area contributed by atoms with Gasteiger partial charge in [0, 0.05) is 10.9 Å². The average Bonchev–Trinajstić information content (AvgIpc) is 2.31. The lowest BCUT2D eigenvalue weighted by molar-refractivity contribution is 0.533. The second-order valence-corrected chi connectivity index (χ2v) is 3.16. The van der Waals surface area contributed by atoms with Crippen molar-refractivity contribution in [3.8, 4) is 0 Å². The lowest BCUT2D eigenvalue weighted by Crippen LogP contribution is -1.80. The van der Waals surface area contributed by atoms with Gasteiger partial charge in [-0.3, -0.25) is 0 Å². The van der Waals surface area contributed by atoms with Crippen molar-refractivity contribution < 1.29 is 4.42 Å². The standard InChI is InChI=1S/C9H11ClO/c1-7(10)3-4-9-5-6-11-8(9)2/h3-7H,1-2H3/b4-3+. The fourth-order valence-electron chi connectivity index (χ4n) is 0.804. The first-order valence-electron chi connectivity index (χ1n) is 3.56. The van der Waals surface area contributed by atoms with Gasteiger partial charge in [0.1, 0.15) is 5.76 Å². The summed E-state index contributed by atoms with van der Waals surface area (Å²) in [6, 6.07) is 1.92. The molecule has 1 heterocycles. The first-order chi connectivity index (χ1) is 5.20. The maximum atomic E-state index is 5.73. The Morgan fingerprint density at radius 1 is 1.64 bits per heavy atom. The number of alkyl halides is 1. The highest BCUT2D eigenvalue weighted by Crippen LogP contribution is 2.11. The van der Waals surface area contributed by atoms with Crippen LogP contribution < -0.4 is 0 Å². The van der Waals surface area contributed by atoms with Gasteiger partial charge in [0.2, 0.25) is 0 Å². The predicted molar refractivity (Wildman–Crippen MR) is 47.8 cm³/mol. The Hall–Kier alpha value is -0.690. The molecule has 60 valence electrons. The first kappa shape index (κ1) is 8.41. The van der Waals surface area contributed by atoms with Crippen molar-refractivity contribution in [2.45, 2.75) is 19.2 Å². The van der Waals surface area contributed by atoms with Gasteiger partial charge in [0.25, 0.3) is 0 Å². The van der Waals surface area contributed by atoms with Crippen LogP contribution in [0.5, 0.6) is 0 Å². The Balaban J connectivity index is 2.71. The third-order valence-electron chi connectivity index (χ3n) is 1.44. The van der Waals surface area contributed by atoms with E-state index in [2.05, 4.69) is 0 Å². The highest BCUT2D eigenvalue weighted by Gasteiger charge is 1.95. The van der Waals surface area contributed by atoms with E-state index in [0.29, 0.717) is 0 Å². The van der Waals surface area contributed by atoms with Gasteiger partial charge in [-0.25, -0.2) is 0 Å². The van der Waals surface area contributed by atoms with Crippen LogP contribution in [0.2, 0.25) is 0 Å². The number of hydrogen-bond acceptors (Lipinski definition) is 1. The maximum Gasteiger partial charge on any atom is 0.107 e. The van der Waals surface area contributed by atoms with Gasteiger partial charge in [-0.1, -0.05) is 12.2 Å². The molecular weight excluding hydrogens is 160 g/mol. The van der Waals surface area contributed by atoms with E-state index in [4.69, 9.17) is 16.0 Å². The minimum Gasteiger partial charge on any atom is -0.469 e. The quantitative estimate of drug-likeness (QED) is 0.622. The number of aryl methyl sites for hydroxylation is 1. The summed E-state index contributed by atoms with van der Waals surface area (Å²) in [5.41, 5.74) is 1.09. The fourth-order valence-corrected chi connectivity index (χ4v) is 0.877. The minimum absolute atomic E-state index is 0.0734. The molecule has 1 unspecified atom stereocenters. The lowest BCUT2D eigenvalue weighted by Gasteiger charge is -1.90. The van der Waals surface area contributed by atoms with Crippen LogP contribution >= 0.6 is 11.6 Å². The molecule has 0 radical (unpaired) electrons. The summed E-state index contributed by atoms with van der Waals surface area (Å²) in [6.07, 6.45) is 5.57. The topological polar surface area (TPSA) is 13.1 Å². The van der Waals surface area contributed by atoms with E-state index in [1.165, 1.54) is 0 Å². The van der Waals surface area contributed by atoms with Crippen molar-refractivity contribution in [1.82, 2.24) is 0 Å². The molecular formula is C9H11ClO. The SMILES string of the molecule is Cc1occc1/C=C/C(C)Cl. The van der Waals surface area contributed by atoms with E-state index in [9.17, 15) is 0 Å². The van der Waals surface area contributed by atoms with E-state index in [0.717, 1.165) is 11.3 Å². The van der Waals surface area contributed by atoms with Crippen molar-refractivity contribution in [3.63, 3.8) is 0 Å². The zero-order valence-electron chi connectivity index (χ0n) is 6.67. The molecule has 1 atom stereocenters. The van der Waals surface area contributed by atoms with Crippen LogP contribution in [0.1, 0.15) is 18.2 Å². The second-order valence-electron chi connectivity index (χ2n) is 2.47. The van der Waals surface area contributed by atoms with Gasteiger partial charge in [-0.15, -0.1) is 11.6 Å². The van der Waals surface area contributed by atoms with Crippen molar-refractivity contribution in [1.29, 1.82) is 0 Å². The molecule has 0 saturated carbocycles. The van der Waals surface area contributed by atoms with Gasteiger partial charge in [-0.2, -0.15) is 0 Å². The third kappa shape index (κ3) is 2.43. The summed E-state index contributed by atoms with van der Waals surface area (Å²) in [5, 5.41) is 0.0734. The smallest absolute Gasteiger partial charge is 0.107 e. The van der Waals surface area contributed by atoms with Crippen molar-refractivity contribution >= 4 is 17.7 Å². The zero-order chi connectivity index (χ0) is 8.27. The molecule has 0 bridgehead atoms. The molecule has 0 saturated heterocycles. The fraction of sp³-hybridized carbons (Fsp3) is 0.333. The molecule has 2 heteroatoms. The van der Waals surface area contributed by atoms with Gasteiger partial charge in [-0.05, 0) is 19.9 Å². The van der Waals surface area contributed by atoms with E-state index < -0.39 is 0 Å². The summed E-state index contributed by atoms with van der Waals surface area (Å²) in [7, 11) is 0. The van der Waals surface area contributed by atoms with E-state index >= 15 is 0 Å². The molecule has 1 aromatic rings. The van der Waals surface area contributed by atoms with Crippen LogP contribution in [-0.2, 0) is 0 Å². The molecule has 0 aromatic carbocycles. The predicted octanol–water partition coefficient (Wildman–Crippen LogP) is 3.23. The van der Waals surface area contributed by atoms with Crippen molar-refractivity contribution in [2.24, 2.45) is 0 Å². The molecule has 0 aliphatic carbocycles. The molecule has 1 rings (SSSR count). The Morgan fingerprint density at radius 2 is 2.36 bits per heavy atom. The van der Waals surface area contributed by atoms with Crippen LogP contribution in [0.15, 0.2) is 22.8 Å². The number of allylic oxidation sites excluding steroid dienone is 1. The Morgan fingerprint density at radius 3 is 2.82 bits per heavy atom. The third-order valence-corrected chi connectivity index (χ3v) is 1.59. The van der Waals surface area contributed by atoms with Crippen molar-refractivity contribution in [3.05, 3.63) is 29.7 Å². The molecule has 0 aliphatic heterocycles. The summed E-state index contributed by atoms with van der Waals surface area (Å²) >= 11 is 5.73. The highest BCUT2D eigenvalue weighted by molar-refractivity contribution is 6.21. The van der Waals surface area contributed by atoms with Gasteiger partial charge in [0.05, 0.1) is 6.26 Å². The van der Waals surface area contributed by atoms with E-state index in [1.807, 2.05) is 32.1 Å². The average molecular weight is 171 g/mol. The summed E-state index contributed by atoms with van der Waals surface area (Å²) < 4.78 is 5.10. The minimum atomic E-state index is 0.0734. The van der Waals surface area contributed by atoms with Gasteiger partial charge < -0.3 is 4.42 Å². The van der Waals surface area contributed by atoms with Crippen LogP contribution in [0.25, 0.3) is 6.08 Å². The van der Waals surface area contributed by atoms with Crippen LogP contribution in [0.3, 0.4) is 0 Å². The largest absolute Gasteiger partial charge is 0.469 e. The highest BCUT2D eigenvalue weighted by atomic mass is 35.5. The first-order valence-corrected chi connectivity index (χ1v) is 4.00. The molecule has 1 nitrogen and oxygen atoms in total. The Labute approximate surface area is 71.7 Å². The van der Waals surface area contributed by atoms with Gasteiger partial charge in [0.15, 0.2) is 0 Å². The van der Waals surface area contributed by atoms with E-state index in [-0.39, 0.29) is 5.38 Å². The number of hydrogen-bond donors (Lipinski definition) is 0.